The molecule has 0 aliphatic carbocycles. The van der Waals surface area contributed by atoms with E-state index in [0.717, 1.165) is 56.7 Å². The molecule has 5 heterocycles. The van der Waals surface area contributed by atoms with Crippen molar-refractivity contribution in [3.63, 3.8) is 0 Å². The molecule has 0 amide bonds. The third kappa shape index (κ3) is 3.60. The molecule has 0 fully saturated rings. The van der Waals surface area contributed by atoms with Crippen LogP contribution in [0.3, 0.4) is 0 Å². The fraction of sp³-hybridized carbons (Fsp3) is 0.115. The maximum Gasteiger partial charge on any atom is 0.161 e. The molecule has 8 heteroatoms. The van der Waals surface area contributed by atoms with Gasteiger partial charge in [-0.15, -0.1) is 0 Å². The molecule has 6 aromatic rings. The molecule has 0 bridgehead atoms. The zero-order chi connectivity index (χ0) is 23.1. The summed E-state index contributed by atoms with van der Waals surface area (Å²) in [5.41, 5.74) is 8.85. The van der Waals surface area contributed by atoms with Crippen molar-refractivity contribution in [1.82, 2.24) is 40.0 Å². The van der Waals surface area contributed by atoms with E-state index in [-0.39, 0.29) is 0 Å². The number of para-hydroxylation sites is 1. The minimum absolute atomic E-state index is 0.661. The van der Waals surface area contributed by atoms with Crippen LogP contribution >= 0.6 is 0 Å². The Balaban J connectivity index is 1.45. The van der Waals surface area contributed by atoms with Crippen molar-refractivity contribution < 1.29 is 0 Å². The molecular weight excluding hydrogens is 424 g/mol. The lowest BCUT2D eigenvalue weighted by Crippen LogP contribution is -2.10. The number of fused-ring (bicyclic) bond motifs is 2. The molecule has 5 aromatic heterocycles. The van der Waals surface area contributed by atoms with Crippen molar-refractivity contribution >= 4 is 22.1 Å². The zero-order valence-electron chi connectivity index (χ0n) is 18.8. The van der Waals surface area contributed by atoms with Crippen LogP contribution in [0.2, 0.25) is 0 Å². The predicted octanol–water partition coefficient (Wildman–Crippen LogP) is 4.69. The topological polar surface area (TPSA) is 99.3 Å². The molecule has 8 nitrogen and oxygen atoms in total. The summed E-state index contributed by atoms with van der Waals surface area (Å²) in [6.45, 7) is 0.817. The Bertz CT molecular complexity index is 1610. The van der Waals surface area contributed by atoms with Gasteiger partial charge in [0.1, 0.15) is 5.52 Å². The summed E-state index contributed by atoms with van der Waals surface area (Å²) >= 11 is 0. The molecule has 0 atom stereocenters. The van der Waals surface area contributed by atoms with E-state index in [1.807, 2.05) is 75.0 Å². The first kappa shape index (κ1) is 20.2. The van der Waals surface area contributed by atoms with Crippen LogP contribution in [0.15, 0.2) is 73.2 Å². The van der Waals surface area contributed by atoms with E-state index in [4.69, 9.17) is 9.97 Å². The molecule has 0 aliphatic heterocycles. The van der Waals surface area contributed by atoms with Crippen LogP contribution in [0.5, 0.6) is 0 Å². The number of aromatic amines is 2. The SMILES string of the molecule is CN(C)Cc1cncc(-c2ccc3[nH]nc(-c4nc5c(-c6ccccn6)cccc5[nH]4)c3n2)c1. The van der Waals surface area contributed by atoms with Crippen molar-refractivity contribution in [2.75, 3.05) is 14.1 Å². The van der Waals surface area contributed by atoms with Gasteiger partial charge in [-0.05, 0) is 56.1 Å². The lowest BCUT2D eigenvalue weighted by molar-refractivity contribution is 0.402. The molecule has 1 aromatic carbocycles. The second-order valence-corrected chi connectivity index (χ2v) is 8.49. The number of nitrogens with zero attached hydrogens (tertiary/aromatic N) is 6. The Labute approximate surface area is 195 Å². The van der Waals surface area contributed by atoms with Crippen molar-refractivity contribution in [3.05, 3.63) is 78.8 Å². The van der Waals surface area contributed by atoms with E-state index in [1.165, 1.54) is 0 Å². The van der Waals surface area contributed by atoms with Crippen molar-refractivity contribution in [2.45, 2.75) is 6.54 Å². The van der Waals surface area contributed by atoms with Gasteiger partial charge in [-0.1, -0.05) is 18.2 Å². The Morgan fingerprint density at radius 2 is 1.79 bits per heavy atom. The molecule has 6 rings (SSSR count). The Morgan fingerprint density at radius 3 is 2.65 bits per heavy atom. The summed E-state index contributed by atoms with van der Waals surface area (Å²) in [6, 6.07) is 18.0. The molecule has 0 saturated heterocycles. The van der Waals surface area contributed by atoms with Gasteiger partial charge >= 0.3 is 0 Å². The average Bonchev–Trinajstić information content (AvgIpc) is 3.48. The summed E-state index contributed by atoms with van der Waals surface area (Å²) < 4.78 is 0. The van der Waals surface area contributed by atoms with Gasteiger partial charge < -0.3 is 9.88 Å². The van der Waals surface area contributed by atoms with Gasteiger partial charge in [0.25, 0.3) is 0 Å². The average molecular weight is 447 g/mol. The van der Waals surface area contributed by atoms with E-state index >= 15 is 0 Å². The third-order valence-electron chi connectivity index (χ3n) is 5.67. The number of hydrogen-bond acceptors (Lipinski definition) is 6. The predicted molar refractivity (Wildman–Crippen MR) is 133 cm³/mol. The van der Waals surface area contributed by atoms with Gasteiger partial charge in [-0.3, -0.25) is 15.1 Å². The van der Waals surface area contributed by atoms with Crippen molar-refractivity contribution in [3.8, 4) is 34.0 Å². The lowest BCUT2D eigenvalue weighted by Gasteiger charge is -2.10. The Morgan fingerprint density at radius 1 is 0.853 bits per heavy atom. The molecule has 34 heavy (non-hydrogen) atoms. The molecule has 0 aliphatic rings. The molecule has 0 radical (unpaired) electrons. The maximum absolute atomic E-state index is 4.93. The number of imidazole rings is 1. The third-order valence-corrected chi connectivity index (χ3v) is 5.67. The van der Waals surface area contributed by atoms with Crippen LogP contribution in [-0.2, 0) is 6.54 Å². The second kappa shape index (κ2) is 8.17. The van der Waals surface area contributed by atoms with E-state index in [9.17, 15) is 0 Å². The van der Waals surface area contributed by atoms with E-state index in [1.54, 1.807) is 6.20 Å². The molecule has 0 saturated carbocycles. The number of hydrogen-bond donors (Lipinski definition) is 2. The molecule has 0 spiro atoms. The van der Waals surface area contributed by atoms with Crippen molar-refractivity contribution in [2.24, 2.45) is 0 Å². The highest BCUT2D eigenvalue weighted by atomic mass is 15.1. The van der Waals surface area contributed by atoms with Crippen LogP contribution in [-0.4, -0.2) is 54.1 Å². The summed E-state index contributed by atoms with van der Waals surface area (Å²) in [5, 5.41) is 7.62. The largest absolute Gasteiger partial charge is 0.336 e. The van der Waals surface area contributed by atoms with Crippen LogP contribution < -0.4 is 0 Å². The fourth-order valence-electron chi connectivity index (χ4n) is 4.18. The van der Waals surface area contributed by atoms with Crippen molar-refractivity contribution in [1.29, 1.82) is 0 Å². The van der Waals surface area contributed by atoms with Gasteiger partial charge in [-0.2, -0.15) is 5.10 Å². The molecule has 0 unspecified atom stereocenters. The molecular formula is C26H22N8. The van der Waals surface area contributed by atoms with Gasteiger partial charge in [-0.25, -0.2) is 9.97 Å². The lowest BCUT2D eigenvalue weighted by atomic mass is 10.1. The molecule has 166 valence electrons. The minimum atomic E-state index is 0.661. The summed E-state index contributed by atoms with van der Waals surface area (Å²) in [7, 11) is 4.09. The zero-order valence-corrected chi connectivity index (χ0v) is 18.8. The number of benzene rings is 1. The van der Waals surface area contributed by atoms with Gasteiger partial charge in [0, 0.05) is 36.3 Å². The van der Waals surface area contributed by atoms with Gasteiger partial charge in [0.2, 0.25) is 0 Å². The van der Waals surface area contributed by atoms with Crippen LogP contribution in [0.1, 0.15) is 5.56 Å². The quantitative estimate of drug-likeness (QED) is 0.399. The fourth-order valence-corrected chi connectivity index (χ4v) is 4.18. The highest BCUT2D eigenvalue weighted by Crippen LogP contribution is 2.31. The Kier molecular flexibility index (Phi) is 4.85. The first-order valence-electron chi connectivity index (χ1n) is 11.0. The number of nitrogens with one attached hydrogen (secondary N) is 2. The summed E-state index contributed by atoms with van der Waals surface area (Å²) in [6.07, 6.45) is 5.52. The summed E-state index contributed by atoms with van der Waals surface area (Å²) in [5.74, 6) is 0.661. The maximum atomic E-state index is 4.93. The molecule has 2 N–H and O–H groups in total. The highest BCUT2D eigenvalue weighted by molar-refractivity contribution is 5.95. The normalized spacial score (nSPS) is 11.6. The first-order valence-corrected chi connectivity index (χ1v) is 11.0. The smallest absolute Gasteiger partial charge is 0.161 e. The minimum Gasteiger partial charge on any atom is -0.336 e. The van der Waals surface area contributed by atoms with Crippen LogP contribution in [0.25, 0.3) is 56.1 Å². The summed E-state index contributed by atoms with van der Waals surface area (Å²) in [4.78, 5) is 24.3. The number of aromatic nitrogens is 7. The van der Waals surface area contributed by atoms with E-state index in [2.05, 4.69) is 36.1 Å². The van der Waals surface area contributed by atoms with E-state index in [0.29, 0.717) is 11.5 Å². The number of H-pyrrole nitrogens is 2. The van der Waals surface area contributed by atoms with Crippen LogP contribution in [0, 0.1) is 0 Å². The van der Waals surface area contributed by atoms with Crippen LogP contribution in [0.4, 0.5) is 0 Å². The second-order valence-electron chi connectivity index (χ2n) is 8.49. The highest BCUT2D eigenvalue weighted by Gasteiger charge is 2.17. The van der Waals surface area contributed by atoms with Gasteiger partial charge in [0.15, 0.2) is 11.5 Å². The number of pyridine rings is 3. The number of rotatable bonds is 5. The Hall–Kier alpha value is -4.43. The van der Waals surface area contributed by atoms with Gasteiger partial charge in [0.05, 0.1) is 27.9 Å². The van der Waals surface area contributed by atoms with E-state index < -0.39 is 0 Å². The first-order chi connectivity index (χ1) is 16.7. The monoisotopic (exact) mass is 446 g/mol. The standard InChI is InChI=1S/C26H22N8/c1-34(2)15-16-12-17(14-27-13-16)19-9-10-22-24(29-19)25(33-32-22)26-30-21-8-5-6-18(23(21)31-26)20-7-3-4-11-28-20/h3-14H,15H2,1-2H3,(H,30,31)(H,32,33).